The largest absolute Gasteiger partial charge is 0.497 e. The van der Waals surface area contributed by atoms with E-state index in [4.69, 9.17) is 4.74 Å². The minimum atomic E-state index is 0. The average Bonchev–Trinajstić information content (AvgIpc) is 3.42. The molecule has 1 aliphatic heterocycles. The fraction of sp³-hybridized carbons (Fsp3) is 0.500. The fourth-order valence-corrected chi connectivity index (χ4v) is 3.54. The van der Waals surface area contributed by atoms with Crippen molar-refractivity contribution in [1.82, 2.24) is 20.0 Å². The normalized spacial score (nSPS) is 19.2. The number of carbonyl (C=O) groups is 1. The number of aromatic nitrogens is 2. The van der Waals surface area contributed by atoms with Gasteiger partial charge in [0.2, 0.25) is 0 Å². The number of amides is 1. The molecule has 2 aliphatic rings. The van der Waals surface area contributed by atoms with Gasteiger partial charge >= 0.3 is 0 Å². The Hall–Kier alpha value is -2.05. The maximum atomic E-state index is 13.1. The molecular formula is C20H27ClN4O2. The zero-order chi connectivity index (χ0) is 17.9. The molecule has 2 aromatic rings. The molecule has 1 atom stereocenters. The highest BCUT2D eigenvalue weighted by atomic mass is 35.5. The van der Waals surface area contributed by atoms with Gasteiger partial charge in [-0.15, -0.1) is 12.4 Å². The number of carbonyl (C=O) groups excluding carboxylic acids is 1. The van der Waals surface area contributed by atoms with Crippen molar-refractivity contribution >= 4 is 18.3 Å². The van der Waals surface area contributed by atoms with Crippen LogP contribution in [0.4, 0.5) is 0 Å². The predicted octanol–water partition coefficient (Wildman–Crippen LogP) is 3.04. The van der Waals surface area contributed by atoms with Crippen LogP contribution in [-0.4, -0.2) is 46.8 Å². The van der Waals surface area contributed by atoms with Gasteiger partial charge in [-0.3, -0.25) is 9.48 Å². The van der Waals surface area contributed by atoms with Crippen LogP contribution in [0.3, 0.4) is 0 Å². The standard InChI is InChI=1S/C20H26N4O2.ClH/c1-26-18-8-4-15(5-9-18)14-23(16-6-7-16)20(25)19-10-12-24(22-19)17-3-2-11-21-13-17;/h4-5,8-10,12,16-17,21H,2-3,6-7,11,13-14H2,1H3;1H. The molecule has 0 radical (unpaired) electrons. The lowest BCUT2D eigenvalue weighted by molar-refractivity contribution is 0.0722. The van der Waals surface area contributed by atoms with E-state index in [0.717, 1.165) is 50.1 Å². The van der Waals surface area contributed by atoms with Crippen LogP contribution in [0.15, 0.2) is 36.5 Å². The van der Waals surface area contributed by atoms with Gasteiger partial charge in [-0.05, 0) is 56.0 Å². The Balaban J connectivity index is 0.00000210. The number of nitrogens with zero attached hydrogens (tertiary/aromatic N) is 3. The number of nitrogens with one attached hydrogen (secondary N) is 1. The first-order valence-corrected chi connectivity index (χ1v) is 9.44. The molecule has 0 spiro atoms. The van der Waals surface area contributed by atoms with Gasteiger partial charge in [0, 0.05) is 25.3 Å². The average molecular weight is 391 g/mol. The number of ether oxygens (including phenoxy) is 1. The van der Waals surface area contributed by atoms with Crippen molar-refractivity contribution in [3.05, 3.63) is 47.8 Å². The van der Waals surface area contributed by atoms with E-state index in [1.165, 1.54) is 0 Å². The summed E-state index contributed by atoms with van der Waals surface area (Å²) in [6, 6.07) is 10.5. The van der Waals surface area contributed by atoms with Gasteiger partial charge in [0.05, 0.1) is 13.2 Å². The summed E-state index contributed by atoms with van der Waals surface area (Å²) >= 11 is 0. The molecule has 1 saturated carbocycles. The van der Waals surface area contributed by atoms with Crippen LogP contribution in [-0.2, 0) is 6.54 Å². The Kier molecular flexibility index (Phi) is 6.39. The number of halogens is 1. The second-order valence-electron chi connectivity index (χ2n) is 7.19. The highest BCUT2D eigenvalue weighted by Crippen LogP contribution is 2.30. The Morgan fingerprint density at radius 1 is 1.26 bits per heavy atom. The summed E-state index contributed by atoms with van der Waals surface area (Å²) in [5.41, 5.74) is 1.66. The summed E-state index contributed by atoms with van der Waals surface area (Å²) in [6.45, 7) is 2.61. The molecule has 1 N–H and O–H groups in total. The molecule has 1 saturated heterocycles. The third-order valence-corrected chi connectivity index (χ3v) is 5.23. The number of benzene rings is 1. The Bertz CT molecular complexity index is 752. The molecule has 2 fully saturated rings. The van der Waals surface area contributed by atoms with Gasteiger partial charge in [-0.25, -0.2) is 0 Å². The van der Waals surface area contributed by atoms with Crippen molar-refractivity contribution in [2.24, 2.45) is 0 Å². The zero-order valence-electron chi connectivity index (χ0n) is 15.6. The van der Waals surface area contributed by atoms with E-state index in [1.54, 1.807) is 7.11 Å². The first-order chi connectivity index (χ1) is 12.7. The minimum absolute atomic E-state index is 0. The zero-order valence-corrected chi connectivity index (χ0v) is 16.5. The number of hydrogen-bond acceptors (Lipinski definition) is 4. The lowest BCUT2D eigenvalue weighted by atomic mass is 10.1. The quantitative estimate of drug-likeness (QED) is 0.823. The topological polar surface area (TPSA) is 59.4 Å². The molecule has 27 heavy (non-hydrogen) atoms. The summed E-state index contributed by atoms with van der Waals surface area (Å²) in [6.07, 6.45) is 6.37. The minimum Gasteiger partial charge on any atom is -0.497 e. The maximum absolute atomic E-state index is 13.1. The van der Waals surface area contributed by atoms with Gasteiger partial charge < -0.3 is 15.0 Å². The van der Waals surface area contributed by atoms with Gasteiger partial charge in [0.1, 0.15) is 11.4 Å². The Morgan fingerprint density at radius 3 is 2.67 bits per heavy atom. The second-order valence-corrected chi connectivity index (χ2v) is 7.19. The summed E-state index contributed by atoms with van der Waals surface area (Å²) in [7, 11) is 1.66. The molecule has 6 nitrogen and oxygen atoms in total. The number of piperidine rings is 1. The molecule has 1 unspecified atom stereocenters. The number of methoxy groups -OCH3 is 1. The molecule has 7 heteroatoms. The summed E-state index contributed by atoms with van der Waals surface area (Å²) in [4.78, 5) is 15.0. The molecular weight excluding hydrogens is 364 g/mol. The first kappa shape index (κ1) is 19.7. The van der Waals surface area contributed by atoms with E-state index >= 15 is 0 Å². The van der Waals surface area contributed by atoms with E-state index in [9.17, 15) is 4.79 Å². The lowest BCUT2D eigenvalue weighted by Gasteiger charge is -2.23. The number of rotatable bonds is 6. The van der Waals surface area contributed by atoms with Crippen LogP contribution in [0, 0.1) is 0 Å². The predicted molar refractivity (Wildman–Crippen MR) is 107 cm³/mol. The van der Waals surface area contributed by atoms with Crippen LogP contribution in [0.2, 0.25) is 0 Å². The first-order valence-electron chi connectivity index (χ1n) is 9.44. The monoisotopic (exact) mass is 390 g/mol. The van der Waals surface area contributed by atoms with E-state index in [2.05, 4.69) is 10.4 Å². The van der Waals surface area contributed by atoms with Crippen molar-refractivity contribution in [3.8, 4) is 5.75 Å². The molecule has 1 aromatic carbocycles. The van der Waals surface area contributed by atoms with E-state index in [-0.39, 0.29) is 18.3 Å². The van der Waals surface area contributed by atoms with Crippen LogP contribution in [0.5, 0.6) is 5.75 Å². The van der Waals surface area contributed by atoms with E-state index < -0.39 is 0 Å². The van der Waals surface area contributed by atoms with Crippen LogP contribution >= 0.6 is 12.4 Å². The third kappa shape index (κ3) is 4.62. The van der Waals surface area contributed by atoms with Crippen molar-refractivity contribution in [1.29, 1.82) is 0 Å². The molecule has 0 bridgehead atoms. The number of hydrogen-bond donors (Lipinski definition) is 1. The molecule has 2 heterocycles. The van der Waals surface area contributed by atoms with Gasteiger partial charge in [-0.2, -0.15) is 5.10 Å². The van der Waals surface area contributed by atoms with Crippen LogP contribution in [0.1, 0.15) is 47.8 Å². The van der Waals surface area contributed by atoms with Crippen molar-refractivity contribution in [2.75, 3.05) is 20.2 Å². The van der Waals surface area contributed by atoms with Gasteiger partial charge in [0.15, 0.2) is 0 Å². The van der Waals surface area contributed by atoms with Crippen molar-refractivity contribution in [2.45, 2.75) is 44.3 Å². The molecule has 1 amide bonds. The second kappa shape index (κ2) is 8.76. The maximum Gasteiger partial charge on any atom is 0.274 e. The third-order valence-electron chi connectivity index (χ3n) is 5.23. The Morgan fingerprint density at radius 2 is 2.04 bits per heavy atom. The van der Waals surface area contributed by atoms with E-state index in [1.807, 2.05) is 46.1 Å². The smallest absolute Gasteiger partial charge is 0.274 e. The van der Waals surface area contributed by atoms with Crippen LogP contribution < -0.4 is 10.1 Å². The fourth-order valence-electron chi connectivity index (χ4n) is 3.54. The van der Waals surface area contributed by atoms with Gasteiger partial charge in [0.25, 0.3) is 5.91 Å². The van der Waals surface area contributed by atoms with Crippen molar-refractivity contribution < 1.29 is 9.53 Å². The molecule has 146 valence electrons. The van der Waals surface area contributed by atoms with Gasteiger partial charge in [-0.1, -0.05) is 12.1 Å². The highest BCUT2D eigenvalue weighted by molar-refractivity contribution is 5.92. The summed E-state index contributed by atoms with van der Waals surface area (Å²) < 4.78 is 7.17. The molecule has 4 rings (SSSR count). The van der Waals surface area contributed by atoms with Crippen molar-refractivity contribution in [3.63, 3.8) is 0 Å². The summed E-state index contributed by atoms with van der Waals surface area (Å²) in [5.74, 6) is 0.865. The van der Waals surface area contributed by atoms with E-state index in [0.29, 0.717) is 24.3 Å². The summed E-state index contributed by atoms with van der Waals surface area (Å²) in [5, 5.41) is 8.00. The Labute approximate surface area is 166 Å². The van der Waals surface area contributed by atoms with Crippen LogP contribution in [0.25, 0.3) is 0 Å². The SMILES string of the molecule is COc1ccc(CN(C(=O)c2ccn(C3CCCNC3)n2)C2CC2)cc1.Cl. The molecule has 1 aliphatic carbocycles. The molecule has 1 aromatic heterocycles. The highest BCUT2D eigenvalue weighted by Gasteiger charge is 2.34. The lowest BCUT2D eigenvalue weighted by Crippen LogP contribution is -2.34.